The molecule has 20 heavy (non-hydrogen) atoms. The van der Waals surface area contributed by atoms with Crippen LogP contribution < -0.4 is 5.32 Å². The lowest BCUT2D eigenvalue weighted by molar-refractivity contribution is -0.0305. The van der Waals surface area contributed by atoms with Gasteiger partial charge in [-0.3, -0.25) is 0 Å². The number of ether oxygens (including phenoxy) is 1. The fourth-order valence-electron chi connectivity index (χ4n) is 2.78. The van der Waals surface area contributed by atoms with Crippen molar-refractivity contribution in [3.05, 3.63) is 0 Å². The Bertz CT molecular complexity index is 237. The molecule has 1 aliphatic carbocycles. The lowest BCUT2D eigenvalue weighted by Gasteiger charge is -2.27. The highest BCUT2D eigenvalue weighted by atomic mass is 16.5. The summed E-state index contributed by atoms with van der Waals surface area (Å²) in [6, 6.07) is 0. The second-order valence-electron chi connectivity index (χ2n) is 6.60. The maximum absolute atomic E-state index is 9.89. The first kappa shape index (κ1) is 17.9. The first-order valence-corrected chi connectivity index (χ1v) is 8.23. The van der Waals surface area contributed by atoms with Crippen molar-refractivity contribution in [1.82, 2.24) is 10.2 Å². The monoisotopic (exact) mass is 286 g/mol. The fourth-order valence-corrected chi connectivity index (χ4v) is 2.78. The standard InChI is InChI=1S/C16H34N2O2/c1-14-7-6-8-16(11-14)20-13-15(19)12-17-9-4-5-10-18(2)3/h14-17,19H,4-13H2,1-3H3. The van der Waals surface area contributed by atoms with E-state index >= 15 is 0 Å². The van der Waals surface area contributed by atoms with Crippen LogP contribution in [0.5, 0.6) is 0 Å². The maximum Gasteiger partial charge on any atom is 0.0897 e. The van der Waals surface area contributed by atoms with Gasteiger partial charge in [0.1, 0.15) is 0 Å². The average Bonchev–Trinajstić information content (AvgIpc) is 2.40. The molecule has 0 aromatic rings. The summed E-state index contributed by atoms with van der Waals surface area (Å²) >= 11 is 0. The molecule has 0 heterocycles. The van der Waals surface area contributed by atoms with Crippen LogP contribution >= 0.6 is 0 Å². The van der Waals surface area contributed by atoms with Gasteiger partial charge in [-0.1, -0.05) is 19.8 Å². The Morgan fingerprint density at radius 3 is 2.80 bits per heavy atom. The largest absolute Gasteiger partial charge is 0.389 e. The molecular weight excluding hydrogens is 252 g/mol. The van der Waals surface area contributed by atoms with E-state index in [0.717, 1.165) is 38.3 Å². The number of nitrogens with one attached hydrogen (secondary N) is 1. The van der Waals surface area contributed by atoms with Crippen LogP contribution in [0.3, 0.4) is 0 Å². The maximum atomic E-state index is 9.89. The van der Waals surface area contributed by atoms with Gasteiger partial charge in [0.2, 0.25) is 0 Å². The van der Waals surface area contributed by atoms with Crippen LogP contribution in [-0.2, 0) is 4.74 Å². The number of nitrogens with zero attached hydrogens (tertiary/aromatic N) is 1. The zero-order valence-corrected chi connectivity index (χ0v) is 13.6. The summed E-state index contributed by atoms with van der Waals surface area (Å²) in [4.78, 5) is 2.20. The second-order valence-corrected chi connectivity index (χ2v) is 6.60. The summed E-state index contributed by atoms with van der Waals surface area (Å²) in [6.07, 6.45) is 7.27. The Kier molecular flexibility index (Phi) is 9.44. The van der Waals surface area contributed by atoms with E-state index in [1.165, 1.54) is 19.3 Å². The van der Waals surface area contributed by atoms with Crippen LogP contribution in [-0.4, -0.2) is 62.6 Å². The molecule has 0 radical (unpaired) electrons. The van der Waals surface area contributed by atoms with Crippen LogP contribution in [0, 0.1) is 5.92 Å². The first-order valence-electron chi connectivity index (χ1n) is 8.23. The quantitative estimate of drug-likeness (QED) is 0.602. The van der Waals surface area contributed by atoms with Crippen LogP contribution in [0.4, 0.5) is 0 Å². The van der Waals surface area contributed by atoms with Crippen molar-refractivity contribution in [1.29, 1.82) is 0 Å². The normalized spacial score (nSPS) is 25.1. The molecule has 0 aromatic heterocycles. The van der Waals surface area contributed by atoms with E-state index in [4.69, 9.17) is 4.74 Å². The molecule has 1 fully saturated rings. The fraction of sp³-hybridized carbons (Fsp3) is 1.00. The van der Waals surface area contributed by atoms with Crippen LogP contribution in [0.25, 0.3) is 0 Å². The van der Waals surface area contributed by atoms with Crippen molar-refractivity contribution in [2.75, 3.05) is 40.3 Å². The van der Waals surface area contributed by atoms with Crippen molar-refractivity contribution in [3.63, 3.8) is 0 Å². The van der Waals surface area contributed by atoms with Crippen LogP contribution in [0.15, 0.2) is 0 Å². The Morgan fingerprint density at radius 2 is 2.10 bits per heavy atom. The molecule has 0 aromatic carbocycles. The Labute approximate surface area is 124 Å². The van der Waals surface area contributed by atoms with Gasteiger partial charge in [0.05, 0.1) is 18.8 Å². The number of aliphatic hydroxyl groups excluding tert-OH is 1. The lowest BCUT2D eigenvalue weighted by Crippen LogP contribution is -2.33. The summed E-state index contributed by atoms with van der Waals surface area (Å²) in [5, 5.41) is 13.2. The summed E-state index contributed by atoms with van der Waals surface area (Å²) in [7, 11) is 4.20. The van der Waals surface area contributed by atoms with E-state index in [0.29, 0.717) is 19.3 Å². The predicted molar refractivity (Wildman–Crippen MR) is 84.0 cm³/mol. The van der Waals surface area contributed by atoms with Crippen molar-refractivity contribution in [2.24, 2.45) is 5.92 Å². The zero-order valence-electron chi connectivity index (χ0n) is 13.6. The molecule has 120 valence electrons. The molecule has 0 saturated heterocycles. The minimum Gasteiger partial charge on any atom is -0.389 e. The van der Waals surface area contributed by atoms with Gasteiger partial charge in [-0.05, 0) is 58.8 Å². The van der Waals surface area contributed by atoms with Gasteiger partial charge in [0, 0.05) is 6.54 Å². The van der Waals surface area contributed by atoms with Crippen LogP contribution in [0.1, 0.15) is 45.4 Å². The van der Waals surface area contributed by atoms with Crippen molar-refractivity contribution < 1.29 is 9.84 Å². The minimum atomic E-state index is -0.374. The highest BCUT2D eigenvalue weighted by Crippen LogP contribution is 2.25. The third-order valence-corrected chi connectivity index (χ3v) is 4.00. The average molecular weight is 286 g/mol. The Morgan fingerprint density at radius 1 is 1.30 bits per heavy atom. The molecule has 1 rings (SSSR count). The van der Waals surface area contributed by atoms with Crippen molar-refractivity contribution >= 4 is 0 Å². The minimum absolute atomic E-state index is 0.369. The summed E-state index contributed by atoms with van der Waals surface area (Å²) in [5.74, 6) is 0.778. The molecular formula is C16H34N2O2. The highest BCUT2D eigenvalue weighted by Gasteiger charge is 2.20. The van der Waals surface area contributed by atoms with Crippen LogP contribution in [0.2, 0.25) is 0 Å². The second kappa shape index (κ2) is 10.6. The van der Waals surface area contributed by atoms with E-state index < -0.39 is 0 Å². The highest BCUT2D eigenvalue weighted by molar-refractivity contribution is 4.71. The molecule has 2 N–H and O–H groups in total. The zero-order chi connectivity index (χ0) is 14.8. The van der Waals surface area contributed by atoms with E-state index in [1.807, 2.05) is 0 Å². The molecule has 4 heteroatoms. The molecule has 0 spiro atoms. The Hall–Kier alpha value is -0.160. The lowest BCUT2D eigenvalue weighted by atomic mass is 9.89. The molecule has 0 aliphatic heterocycles. The molecule has 1 saturated carbocycles. The van der Waals surface area contributed by atoms with Gasteiger partial charge >= 0.3 is 0 Å². The van der Waals surface area contributed by atoms with Gasteiger partial charge in [-0.15, -0.1) is 0 Å². The van der Waals surface area contributed by atoms with E-state index in [2.05, 4.69) is 31.2 Å². The van der Waals surface area contributed by atoms with E-state index in [-0.39, 0.29) is 6.10 Å². The summed E-state index contributed by atoms with van der Waals surface area (Å²) in [6.45, 7) is 5.52. The van der Waals surface area contributed by atoms with E-state index in [9.17, 15) is 5.11 Å². The summed E-state index contributed by atoms with van der Waals surface area (Å²) < 4.78 is 5.83. The van der Waals surface area contributed by atoms with Crippen molar-refractivity contribution in [3.8, 4) is 0 Å². The third kappa shape index (κ3) is 8.90. The topological polar surface area (TPSA) is 44.7 Å². The van der Waals surface area contributed by atoms with Gasteiger partial charge in [-0.2, -0.15) is 0 Å². The van der Waals surface area contributed by atoms with Crippen molar-refractivity contribution in [2.45, 2.75) is 57.7 Å². The molecule has 3 unspecified atom stereocenters. The number of rotatable bonds is 10. The molecule has 4 nitrogen and oxygen atoms in total. The number of aliphatic hydroxyl groups is 1. The smallest absolute Gasteiger partial charge is 0.0897 e. The SMILES string of the molecule is CC1CCCC(OCC(O)CNCCCCN(C)C)C1. The summed E-state index contributed by atoms with van der Waals surface area (Å²) in [5.41, 5.74) is 0. The van der Waals surface area contributed by atoms with Gasteiger partial charge in [0.15, 0.2) is 0 Å². The third-order valence-electron chi connectivity index (χ3n) is 4.00. The molecule has 3 atom stereocenters. The molecule has 0 amide bonds. The molecule has 1 aliphatic rings. The van der Waals surface area contributed by atoms with Gasteiger partial charge < -0.3 is 20.1 Å². The molecule has 0 bridgehead atoms. The van der Waals surface area contributed by atoms with E-state index in [1.54, 1.807) is 0 Å². The first-order chi connectivity index (χ1) is 9.58. The van der Waals surface area contributed by atoms with Gasteiger partial charge in [-0.25, -0.2) is 0 Å². The Balaban J connectivity index is 1.93. The number of hydrogen-bond acceptors (Lipinski definition) is 4. The number of unbranched alkanes of at least 4 members (excludes halogenated alkanes) is 1. The predicted octanol–water partition coefficient (Wildman–Crippen LogP) is 1.87. The van der Waals surface area contributed by atoms with Gasteiger partial charge in [0.25, 0.3) is 0 Å². The number of hydrogen-bond donors (Lipinski definition) is 2.